The van der Waals surface area contributed by atoms with Crippen molar-refractivity contribution in [3.05, 3.63) is 94.3 Å². The minimum absolute atomic E-state index is 0.276. The molecule has 1 N–H and O–H groups in total. The Morgan fingerprint density at radius 1 is 0.976 bits per heavy atom. The van der Waals surface area contributed by atoms with Gasteiger partial charge in [-0.25, -0.2) is 8.42 Å². The highest BCUT2D eigenvalue weighted by molar-refractivity contribution is 7.90. The summed E-state index contributed by atoms with van der Waals surface area (Å²) in [5.41, 5.74) is 3.83. The molecule has 0 aliphatic carbocycles. The molecular formula is C32H34ClN3O4S2. The molecule has 7 nitrogen and oxygen atoms in total. The maximum absolute atomic E-state index is 12.1. The van der Waals surface area contributed by atoms with Crippen LogP contribution in [0.2, 0.25) is 5.02 Å². The second-order valence-electron chi connectivity index (χ2n) is 9.93. The molecular weight excluding hydrogens is 590 g/mol. The Kier molecular flexibility index (Phi) is 10.6. The predicted octanol–water partition coefficient (Wildman–Crippen LogP) is 7.19. The van der Waals surface area contributed by atoms with Gasteiger partial charge in [0.15, 0.2) is 21.3 Å². The van der Waals surface area contributed by atoms with E-state index < -0.39 is 9.84 Å². The highest BCUT2D eigenvalue weighted by Gasteiger charge is 2.16. The molecule has 0 bridgehead atoms. The Morgan fingerprint density at radius 3 is 2.45 bits per heavy atom. The molecule has 0 unspecified atom stereocenters. The number of halogens is 1. The number of likely N-dealkylation sites (N-methyl/N-ethyl adjacent to an activating group) is 1. The molecule has 1 heterocycles. The third-order valence-electron chi connectivity index (χ3n) is 6.62. The van der Waals surface area contributed by atoms with Gasteiger partial charge < -0.3 is 19.8 Å². The molecule has 42 heavy (non-hydrogen) atoms. The monoisotopic (exact) mass is 623 g/mol. The minimum atomic E-state index is -3.32. The molecule has 4 aromatic rings. The van der Waals surface area contributed by atoms with Crippen LogP contribution >= 0.6 is 22.9 Å². The number of nitrogens with one attached hydrogen (secondary N) is 1. The first kappa shape index (κ1) is 31.4. The molecule has 0 aliphatic rings. The van der Waals surface area contributed by atoms with Crippen LogP contribution in [0.15, 0.2) is 88.8 Å². The molecule has 0 aliphatic heterocycles. The van der Waals surface area contributed by atoms with Crippen LogP contribution < -0.4 is 9.47 Å². The van der Waals surface area contributed by atoms with E-state index in [-0.39, 0.29) is 4.90 Å². The molecule has 0 saturated carbocycles. The van der Waals surface area contributed by atoms with E-state index in [1.165, 1.54) is 17.6 Å². The average molecular weight is 624 g/mol. The van der Waals surface area contributed by atoms with Crippen LogP contribution in [0, 0.1) is 5.41 Å². The van der Waals surface area contributed by atoms with E-state index in [0.29, 0.717) is 40.9 Å². The van der Waals surface area contributed by atoms with Gasteiger partial charge in [-0.3, -0.25) is 4.99 Å². The molecule has 4 rings (SSSR count). The van der Waals surface area contributed by atoms with Crippen molar-refractivity contribution in [2.45, 2.75) is 17.7 Å². The fourth-order valence-corrected chi connectivity index (χ4v) is 6.25. The molecule has 0 fully saturated rings. The Hall–Kier alpha value is -3.50. The maximum Gasteiger partial charge on any atom is 0.175 e. The zero-order valence-corrected chi connectivity index (χ0v) is 26.4. The van der Waals surface area contributed by atoms with E-state index >= 15 is 0 Å². The van der Waals surface area contributed by atoms with Gasteiger partial charge in [0.25, 0.3) is 0 Å². The van der Waals surface area contributed by atoms with Gasteiger partial charge in [-0.2, -0.15) is 0 Å². The standard InChI is InChI=1S/C32H34ClN3O4S2/c1-36(17-16-22-12-13-29(39-2)30(18-22)40-3)21-24(34)20-28(35-27-11-6-5-10-26(27)33)32-15-14-31(41-32)23-8-7-9-25(19-23)42(4,37)38/h5-15,18-19,34H,16-17,20-21H2,1-4H3. The highest BCUT2D eigenvalue weighted by atomic mass is 35.5. The van der Waals surface area contributed by atoms with Crippen molar-refractivity contribution in [2.75, 3.05) is 40.6 Å². The maximum atomic E-state index is 12.1. The Bertz CT molecular complexity index is 1700. The fourth-order valence-electron chi connectivity index (χ4n) is 4.42. The number of aliphatic imine (C=N–C) groups is 1. The number of sulfone groups is 1. The second-order valence-corrected chi connectivity index (χ2v) is 13.4. The Balaban J connectivity index is 1.51. The lowest BCUT2D eigenvalue weighted by atomic mass is 10.1. The zero-order chi connectivity index (χ0) is 30.3. The SMILES string of the molecule is COc1ccc(CCN(C)CC(=N)CC(=Nc2ccccc2Cl)c2ccc(-c3cccc(S(C)(=O)=O)c3)s2)cc1OC. The van der Waals surface area contributed by atoms with Crippen LogP contribution in [0.1, 0.15) is 16.9 Å². The summed E-state index contributed by atoms with van der Waals surface area (Å²) in [5.74, 6) is 1.39. The van der Waals surface area contributed by atoms with Gasteiger partial charge in [0.2, 0.25) is 0 Å². The number of hydrogen-bond acceptors (Lipinski definition) is 8. The number of thiophene rings is 1. The molecule has 0 radical (unpaired) electrons. The van der Waals surface area contributed by atoms with Gasteiger partial charge in [-0.15, -0.1) is 11.3 Å². The van der Waals surface area contributed by atoms with Gasteiger partial charge in [0.05, 0.1) is 35.5 Å². The molecule has 3 aromatic carbocycles. The van der Waals surface area contributed by atoms with Crippen molar-refractivity contribution in [1.29, 1.82) is 5.41 Å². The van der Waals surface area contributed by atoms with Crippen molar-refractivity contribution in [3.63, 3.8) is 0 Å². The molecule has 0 atom stereocenters. The summed E-state index contributed by atoms with van der Waals surface area (Å²) in [4.78, 5) is 9.09. The largest absolute Gasteiger partial charge is 0.493 e. The number of hydrogen-bond donors (Lipinski definition) is 1. The van der Waals surface area contributed by atoms with E-state index in [9.17, 15) is 8.42 Å². The smallest absolute Gasteiger partial charge is 0.175 e. The molecule has 0 saturated heterocycles. The van der Waals surface area contributed by atoms with E-state index in [1.54, 1.807) is 38.5 Å². The van der Waals surface area contributed by atoms with Crippen molar-refractivity contribution in [3.8, 4) is 21.9 Å². The van der Waals surface area contributed by atoms with Crippen molar-refractivity contribution >= 4 is 49.9 Å². The summed E-state index contributed by atoms with van der Waals surface area (Å²) in [7, 11) is 1.92. The zero-order valence-electron chi connectivity index (χ0n) is 24.1. The lowest BCUT2D eigenvalue weighted by Crippen LogP contribution is -2.28. The van der Waals surface area contributed by atoms with Crippen LogP contribution in [-0.2, 0) is 16.3 Å². The molecule has 0 spiro atoms. The van der Waals surface area contributed by atoms with Crippen LogP contribution in [0.4, 0.5) is 5.69 Å². The molecule has 1 aromatic heterocycles. The third-order valence-corrected chi connectivity index (χ3v) is 9.23. The molecule has 220 valence electrons. The van der Waals surface area contributed by atoms with Gasteiger partial charge >= 0.3 is 0 Å². The normalized spacial score (nSPS) is 12.0. The van der Waals surface area contributed by atoms with Gasteiger partial charge in [0.1, 0.15) is 0 Å². The van der Waals surface area contributed by atoms with E-state index in [1.807, 2.05) is 61.6 Å². The van der Waals surface area contributed by atoms with E-state index in [0.717, 1.165) is 39.6 Å². The number of para-hydroxylation sites is 1. The van der Waals surface area contributed by atoms with Crippen molar-refractivity contribution in [2.24, 2.45) is 4.99 Å². The van der Waals surface area contributed by atoms with Gasteiger partial charge in [-0.05, 0) is 73.1 Å². The van der Waals surface area contributed by atoms with Gasteiger partial charge in [0, 0.05) is 41.2 Å². The molecule has 0 amide bonds. The molecule has 10 heteroatoms. The summed E-state index contributed by atoms with van der Waals surface area (Å²) in [5, 5.41) is 9.37. The first-order valence-corrected chi connectivity index (χ1v) is 16.3. The van der Waals surface area contributed by atoms with Crippen molar-refractivity contribution < 1.29 is 17.9 Å². The number of benzene rings is 3. The topological polar surface area (TPSA) is 92.0 Å². The average Bonchev–Trinajstić information content (AvgIpc) is 3.47. The van der Waals surface area contributed by atoms with Crippen LogP contribution in [0.5, 0.6) is 11.5 Å². The van der Waals surface area contributed by atoms with Crippen molar-refractivity contribution in [1.82, 2.24) is 4.90 Å². The summed E-state index contributed by atoms with van der Waals surface area (Å²) in [6, 6.07) is 24.1. The number of nitrogens with zero attached hydrogens (tertiary/aromatic N) is 2. The van der Waals surface area contributed by atoms with Crippen LogP contribution in [0.3, 0.4) is 0 Å². The quantitative estimate of drug-likeness (QED) is 0.159. The number of ether oxygens (including phenoxy) is 2. The second kappa shape index (κ2) is 14.1. The van der Waals surface area contributed by atoms with Crippen LogP contribution in [0.25, 0.3) is 10.4 Å². The lowest BCUT2D eigenvalue weighted by Gasteiger charge is -2.18. The number of methoxy groups -OCH3 is 2. The summed E-state index contributed by atoms with van der Waals surface area (Å²) in [6.45, 7) is 1.23. The van der Waals surface area contributed by atoms with E-state index in [4.69, 9.17) is 31.5 Å². The Morgan fingerprint density at radius 2 is 1.74 bits per heavy atom. The summed E-state index contributed by atoms with van der Waals surface area (Å²) < 4.78 is 34.9. The lowest BCUT2D eigenvalue weighted by molar-refractivity contribution is 0.353. The minimum Gasteiger partial charge on any atom is -0.493 e. The van der Waals surface area contributed by atoms with Gasteiger partial charge in [-0.1, -0.05) is 41.9 Å². The van der Waals surface area contributed by atoms with E-state index in [2.05, 4.69) is 4.90 Å². The Labute approximate surface area is 256 Å². The predicted molar refractivity (Wildman–Crippen MR) is 174 cm³/mol. The summed E-state index contributed by atoms with van der Waals surface area (Å²) in [6.07, 6.45) is 2.34. The van der Waals surface area contributed by atoms with Crippen LogP contribution in [-0.4, -0.2) is 65.4 Å². The first-order chi connectivity index (χ1) is 20.1. The first-order valence-electron chi connectivity index (χ1n) is 13.3. The fraction of sp³-hybridized carbons (Fsp3) is 0.250. The highest BCUT2D eigenvalue weighted by Crippen LogP contribution is 2.33. The third kappa shape index (κ3) is 8.29. The summed E-state index contributed by atoms with van der Waals surface area (Å²) >= 11 is 7.95. The number of rotatable bonds is 13.